The van der Waals surface area contributed by atoms with Crippen molar-refractivity contribution in [2.45, 2.75) is 12.5 Å². The molecule has 1 atom stereocenters. The summed E-state index contributed by atoms with van der Waals surface area (Å²) in [6, 6.07) is 5.43. The number of aliphatic carboxylic acids is 1. The summed E-state index contributed by atoms with van der Waals surface area (Å²) >= 11 is 3.34. The van der Waals surface area contributed by atoms with Crippen LogP contribution in [0.4, 0.5) is 0 Å². The van der Waals surface area contributed by atoms with Crippen LogP contribution in [-0.4, -0.2) is 24.7 Å². The molecule has 1 unspecified atom stereocenters. The van der Waals surface area contributed by atoms with Crippen LogP contribution < -0.4 is 5.73 Å². The van der Waals surface area contributed by atoms with Gasteiger partial charge in [-0.15, -0.1) is 0 Å². The zero-order valence-electron chi connectivity index (χ0n) is 8.94. The van der Waals surface area contributed by atoms with Crippen LogP contribution in [0.15, 0.2) is 22.7 Å². The zero-order valence-corrected chi connectivity index (χ0v) is 10.5. The average molecular weight is 288 g/mol. The third-order valence-corrected chi connectivity index (χ3v) is 2.81. The summed E-state index contributed by atoms with van der Waals surface area (Å²) in [4.78, 5) is 11.0. The molecule has 0 heterocycles. The fourth-order valence-corrected chi connectivity index (χ4v) is 1.96. The van der Waals surface area contributed by atoms with E-state index in [1.54, 1.807) is 19.2 Å². The van der Waals surface area contributed by atoms with Crippen molar-refractivity contribution < 1.29 is 14.6 Å². The Hall–Kier alpha value is -0.910. The van der Waals surface area contributed by atoms with Gasteiger partial charge in [-0.2, -0.15) is 0 Å². The maximum Gasteiger partial charge on any atom is 0.312 e. The van der Waals surface area contributed by atoms with Gasteiger partial charge in [-0.25, -0.2) is 0 Å². The zero-order chi connectivity index (χ0) is 12.1. The second kappa shape index (κ2) is 5.98. The molecular formula is C11H14BrNO3. The fourth-order valence-electron chi connectivity index (χ4n) is 1.56. The van der Waals surface area contributed by atoms with E-state index in [-0.39, 0.29) is 6.54 Å². The van der Waals surface area contributed by atoms with Gasteiger partial charge in [-0.3, -0.25) is 4.79 Å². The molecular weight excluding hydrogens is 274 g/mol. The summed E-state index contributed by atoms with van der Waals surface area (Å²) in [7, 11) is 1.57. The highest BCUT2D eigenvalue weighted by Crippen LogP contribution is 2.24. The minimum Gasteiger partial charge on any atom is -0.481 e. The van der Waals surface area contributed by atoms with Crippen molar-refractivity contribution in [1.82, 2.24) is 0 Å². The molecule has 0 spiro atoms. The molecule has 0 fully saturated rings. The number of rotatable bonds is 5. The van der Waals surface area contributed by atoms with Crippen molar-refractivity contribution in [3.8, 4) is 0 Å². The van der Waals surface area contributed by atoms with Gasteiger partial charge in [-0.1, -0.05) is 22.0 Å². The van der Waals surface area contributed by atoms with Gasteiger partial charge in [0.25, 0.3) is 0 Å². The van der Waals surface area contributed by atoms with E-state index in [2.05, 4.69) is 15.9 Å². The molecule has 0 aliphatic rings. The molecule has 16 heavy (non-hydrogen) atoms. The molecule has 1 aromatic rings. The molecule has 0 amide bonds. The Morgan fingerprint density at radius 1 is 1.62 bits per heavy atom. The molecule has 0 aromatic heterocycles. The van der Waals surface area contributed by atoms with Crippen molar-refractivity contribution in [2.75, 3.05) is 13.7 Å². The highest BCUT2D eigenvalue weighted by atomic mass is 79.9. The SMILES string of the molecule is COCc1cc(Br)ccc1C(CN)C(=O)O. The van der Waals surface area contributed by atoms with E-state index >= 15 is 0 Å². The van der Waals surface area contributed by atoms with Crippen LogP contribution in [0.3, 0.4) is 0 Å². The van der Waals surface area contributed by atoms with Crippen LogP contribution in [0.25, 0.3) is 0 Å². The molecule has 1 aromatic carbocycles. The van der Waals surface area contributed by atoms with E-state index in [1.165, 1.54) is 0 Å². The molecule has 0 saturated heterocycles. The molecule has 4 nitrogen and oxygen atoms in total. The van der Waals surface area contributed by atoms with Crippen molar-refractivity contribution in [3.05, 3.63) is 33.8 Å². The highest BCUT2D eigenvalue weighted by molar-refractivity contribution is 9.10. The molecule has 0 saturated carbocycles. The first-order chi connectivity index (χ1) is 7.60. The molecule has 3 N–H and O–H groups in total. The van der Waals surface area contributed by atoms with E-state index in [0.29, 0.717) is 12.2 Å². The van der Waals surface area contributed by atoms with Crippen LogP contribution in [0.1, 0.15) is 17.0 Å². The van der Waals surface area contributed by atoms with E-state index in [9.17, 15) is 4.79 Å². The van der Waals surface area contributed by atoms with Gasteiger partial charge in [0.05, 0.1) is 12.5 Å². The Labute approximate surface area is 103 Å². The van der Waals surface area contributed by atoms with Crippen LogP contribution in [0.5, 0.6) is 0 Å². The summed E-state index contributed by atoms with van der Waals surface area (Å²) in [5, 5.41) is 9.06. The van der Waals surface area contributed by atoms with Crippen molar-refractivity contribution in [1.29, 1.82) is 0 Å². The van der Waals surface area contributed by atoms with E-state index in [1.807, 2.05) is 6.07 Å². The summed E-state index contributed by atoms with van der Waals surface area (Å²) in [5.74, 6) is -1.60. The molecule has 1 rings (SSSR count). The number of hydrogen-bond donors (Lipinski definition) is 2. The third-order valence-electron chi connectivity index (χ3n) is 2.31. The lowest BCUT2D eigenvalue weighted by molar-refractivity contribution is -0.138. The van der Waals surface area contributed by atoms with E-state index in [0.717, 1.165) is 10.0 Å². The van der Waals surface area contributed by atoms with E-state index < -0.39 is 11.9 Å². The second-order valence-corrected chi connectivity index (χ2v) is 4.32. The monoisotopic (exact) mass is 287 g/mol. The molecule has 0 bridgehead atoms. The Balaban J connectivity index is 3.14. The predicted octanol–water partition coefficient (Wildman–Crippen LogP) is 1.72. The maximum atomic E-state index is 11.0. The summed E-state index contributed by atoms with van der Waals surface area (Å²) in [5.41, 5.74) is 7.03. The number of nitrogens with two attached hydrogens (primary N) is 1. The van der Waals surface area contributed by atoms with Crippen molar-refractivity contribution in [2.24, 2.45) is 5.73 Å². The lowest BCUT2D eigenvalue weighted by Crippen LogP contribution is -2.22. The molecule has 0 radical (unpaired) electrons. The van der Waals surface area contributed by atoms with Crippen molar-refractivity contribution in [3.63, 3.8) is 0 Å². The first-order valence-electron chi connectivity index (χ1n) is 4.80. The van der Waals surface area contributed by atoms with Gasteiger partial charge in [0.2, 0.25) is 0 Å². The van der Waals surface area contributed by atoms with Crippen LogP contribution in [-0.2, 0) is 16.1 Å². The number of benzene rings is 1. The molecule has 88 valence electrons. The third kappa shape index (κ3) is 3.04. The first kappa shape index (κ1) is 13.2. The van der Waals surface area contributed by atoms with Crippen LogP contribution >= 0.6 is 15.9 Å². The summed E-state index contributed by atoms with van der Waals surface area (Å²) in [6.45, 7) is 0.451. The number of carboxylic acid groups (broad SMARTS) is 1. The Morgan fingerprint density at radius 2 is 2.31 bits per heavy atom. The second-order valence-electron chi connectivity index (χ2n) is 3.40. The minimum atomic E-state index is -0.915. The quantitative estimate of drug-likeness (QED) is 0.865. The predicted molar refractivity (Wildman–Crippen MR) is 64.3 cm³/mol. The fraction of sp³-hybridized carbons (Fsp3) is 0.364. The van der Waals surface area contributed by atoms with Crippen LogP contribution in [0, 0.1) is 0 Å². The standard InChI is InChI=1S/C11H14BrNO3/c1-16-6-7-4-8(12)2-3-9(7)10(5-13)11(14)15/h2-4,10H,5-6,13H2,1H3,(H,14,15). The number of methoxy groups -OCH3 is 1. The van der Waals surface area contributed by atoms with Crippen molar-refractivity contribution >= 4 is 21.9 Å². The number of carbonyl (C=O) groups is 1. The summed E-state index contributed by atoms with van der Waals surface area (Å²) < 4.78 is 5.94. The lowest BCUT2D eigenvalue weighted by Gasteiger charge is -2.15. The van der Waals surface area contributed by atoms with Gasteiger partial charge in [0.15, 0.2) is 0 Å². The van der Waals surface area contributed by atoms with Gasteiger partial charge in [0.1, 0.15) is 0 Å². The number of hydrogen-bond acceptors (Lipinski definition) is 3. The Bertz CT molecular complexity index is 381. The molecule has 0 aliphatic carbocycles. The number of carboxylic acids is 1. The normalized spacial score (nSPS) is 12.4. The summed E-state index contributed by atoms with van der Waals surface area (Å²) in [6.07, 6.45) is 0. The topological polar surface area (TPSA) is 72.5 Å². The van der Waals surface area contributed by atoms with E-state index in [4.69, 9.17) is 15.6 Å². The molecule has 5 heteroatoms. The smallest absolute Gasteiger partial charge is 0.312 e. The largest absolute Gasteiger partial charge is 0.481 e. The van der Waals surface area contributed by atoms with Gasteiger partial charge >= 0.3 is 5.97 Å². The van der Waals surface area contributed by atoms with Crippen LogP contribution in [0.2, 0.25) is 0 Å². The minimum absolute atomic E-state index is 0.0771. The Kier molecular flexibility index (Phi) is 4.92. The Morgan fingerprint density at radius 3 is 2.81 bits per heavy atom. The van der Waals surface area contributed by atoms with Gasteiger partial charge in [0, 0.05) is 18.1 Å². The maximum absolute atomic E-state index is 11.0. The van der Waals surface area contributed by atoms with Gasteiger partial charge in [-0.05, 0) is 23.3 Å². The highest BCUT2D eigenvalue weighted by Gasteiger charge is 2.20. The first-order valence-corrected chi connectivity index (χ1v) is 5.59. The lowest BCUT2D eigenvalue weighted by atomic mass is 9.94. The van der Waals surface area contributed by atoms with Gasteiger partial charge < -0.3 is 15.6 Å². The number of halogens is 1. The molecule has 0 aliphatic heterocycles. The average Bonchev–Trinajstić information content (AvgIpc) is 2.22. The number of ether oxygens (including phenoxy) is 1.